The van der Waals surface area contributed by atoms with Crippen LogP contribution in [0.2, 0.25) is 0 Å². The van der Waals surface area contributed by atoms with Crippen molar-refractivity contribution in [1.82, 2.24) is 10.2 Å². The molecule has 0 amide bonds. The minimum atomic E-state index is -0.225. The highest BCUT2D eigenvalue weighted by Crippen LogP contribution is 2.11. The van der Waals surface area contributed by atoms with E-state index in [4.69, 9.17) is 4.74 Å². The first kappa shape index (κ1) is 13.3. The van der Waals surface area contributed by atoms with Crippen LogP contribution in [0.5, 0.6) is 5.75 Å². The minimum Gasteiger partial charge on any atom is -0.494 e. The van der Waals surface area contributed by atoms with Crippen LogP contribution in [0.15, 0.2) is 24.3 Å². The van der Waals surface area contributed by atoms with Gasteiger partial charge in [0, 0.05) is 32.2 Å². The standard InChI is InChI=1S/C14H21FN2O/c1-12-11-16-7-9-17(12)8-2-10-18-14-5-3-13(15)4-6-14/h3-6,12,16H,2,7-11H2,1H3. The number of piperazine rings is 1. The van der Waals surface area contributed by atoms with Crippen molar-refractivity contribution in [3.8, 4) is 5.75 Å². The van der Waals surface area contributed by atoms with E-state index in [2.05, 4.69) is 17.1 Å². The molecule has 1 unspecified atom stereocenters. The van der Waals surface area contributed by atoms with Crippen molar-refractivity contribution in [2.24, 2.45) is 0 Å². The first-order valence-corrected chi connectivity index (χ1v) is 6.59. The molecule has 1 N–H and O–H groups in total. The van der Waals surface area contributed by atoms with Crippen LogP contribution >= 0.6 is 0 Å². The van der Waals surface area contributed by atoms with Crippen LogP contribution in [0.3, 0.4) is 0 Å². The maximum absolute atomic E-state index is 12.7. The lowest BCUT2D eigenvalue weighted by Gasteiger charge is -2.33. The van der Waals surface area contributed by atoms with Gasteiger partial charge in [0.05, 0.1) is 6.61 Å². The van der Waals surface area contributed by atoms with E-state index < -0.39 is 0 Å². The Bertz CT molecular complexity index is 355. The summed E-state index contributed by atoms with van der Waals surface area (Å²) < 4.78 is 18.3. The largest absolute Gasteiger partial charge is 0.494 e. The molecule has 0 aromatic heterocycles. The van der Waals surface area contributed by atoms with Gasteiger partial charge in [-0.1, -0.05) is 0 Å². The molecule has 0 bridgehead atoms. The van der Waals surface area contributed by atoms with Gasteiger partial charge in [-0.05, 0) is 37.6 Å². The summed E-state index contributed by atoms with van der Waals surface area (Å²) >= 11 is 0. The number of hydrogen-bond donors (Lipinski definition) is 1. The Morgan fingerprint density at radius 1 is 1.39 bits per heavy atom. The zero-order valence-corrected chi connectivity index (χ0v) is 10.9. The molecule has 0 aliphatic carbocycles. The van der Waals surface area contributed by atoms with Crippen LogP contribution < -0.4 is 10.1 Å². The van der Waals surface area contributed by atoms with Crippen LogP contribution in [-0.2, 0) is 0 Å². The second-order valence-electron chi connectivity index (χ2n) is 4.75. The molecular weight excluding hydrogens is 231 g/mol. The Balaban J connectivity index is 1.65. The fraction of sp³-hybridized carbons (Fsp3) is 0.571. The number of hydrogen-bond acceptors (Lipinski definition) is 3. The van der Waals surface area contributed by atoms with E-state index >= 15 is 0 Å². The van der Waals surface area contributed by atoms with Crippen LogP contribution in [0.25, 0.3) is 0 Å². The number of nitrogens with one attached hydrogen (secondary N) is 1. The molecule has 1 heterocycles. The lowest BCUT2D eigenvalue weighted by Crippen LogP contribution is -2.50. The molecule has 1 aromatic carbocycles. The first-order chi connectivity index (χ1) is 8.75. The SMILES string of the molecule is CC1CNCCN1CCCOc1ccc(F)cc1. The lowest BCUT2D eigenvalue weighted by atomic mass is 10.2. The summed E-state index contributed by atoms with van der Waals surface area (Å²) in [6, 6.07) is 6.79. The van der Waals surface area contributed by atoms with E-state index in [0.717, 1.165) is 38.3 Å². The number of benzene rings is 1. The van der Waals surface area contributed by atoms with Gasteiger partial charge in [0.1, 0.15) is 11.6 Å². The Morgan fingerprint density at radius 3 is 2.89 bits per heavy atom. The molecule has 100 valence electrons. The third-order valence-electron chi connectivity index (χ3n) is 3.31. The maximum atomic E-state index is 12.7. The molecule has 2 rings (SSSR count). The minimum absolute atomic E-state index is 0.225. The molecule has 1 aromatic rings. The molecule has 0 radical (unpaired) electrons. The summed E-state index contributed by atoms with van der Waals surface area (Å²) in [5.74, 6) is 0.516. The summed E-state index contributed by atoms with van der Waals surface area (Å²) in [5, 5.41) is 3.38. The average Bonchev–Trinajstić information content (AvgIpc) is 2.39. The fourth-order valence-corrected chi connectivity index (χ4v) is 2.20. The number of nitrogens with zero attached hydrogens (tertiary/aromatic N) is 1. The first-order valence-electron chi connectivity index (χ1n) is 6.59. The molecule has 1 aliphatic heterocycles. The molecule has 3 nitrogen and oxygen atoms in total. The van der Waals surface area contributed by atoms with Gasteiger partial charge in [-0.3, -0.25) is 4.90 Å². The smallest absolute Gasteiger partial charge is 0.123 e. The molecule has 0 saturated carbocycles. The lowest BCUT2D eigenvalue weighted by molar-refractivity contribution is 0.160. The van der Waals surface area contributed by atoms with Gasteiger partial charge in [0.25, 0.3) is 0 Å². The van der Waals surface area contributed by atoms with Crippen LogP contribution in [-0.4, -0.2) is 43.7 Å². The average molecular weight is 252 g/mol. The van der Waals surface area contributed by atoms with Crippen molar-refractivity contribution in [1.29, 1.82) is 0 Å². The summed E-state index contributed by atoms with van der Waals surface area (Å²) in [6.45, 7) is 7.24. The molecule has 4 heteroatoms. The second-order valence-corrected chi connectivity index (χ2v) is 4.75. The van der Waals surface area contributed by atoms with E-state index in [1.165, 1.54) is 12.1 Å². The monoisotopic (exact) mass is 252 g/mol. The molecule has 18 heavy (non-hydrogen) atoms. The van der Waals surface area contributed by atoms with Crippen LogP contribution in [0, 0.1) is 5.82 Å². The van der Waals surface area contributed by atoms with Crippen LogP contribution in [0.4, 0.5) is 4.39 Å². The topological polar surface area (TPSA) is 24.5 Å². The van der Waals surface area contributed by atoms with Crippen LogP contribution in [0.1, 0.15) is 13.3 Å². The van der Waals surface area contributed by atoms with Crippen molar-refractivity contribution in [3.63, 3.8) is 0 Å². The van der Waals surface area contributed by atoms with Gasteiger partial charge in [0.15, 0.2) is 0 Å². The predicted octanol–water partition coefficient (Wildman–Crippen LogP) is 1.89. The van der Waals surface area contributed by atoms with Crippen molar-refractivity contribution < 1.29 is 9.13 Å². The predicted molar refractivity (Wildman–Crippen MR) is 70.4 cm³/mol. The van der Waals surface area contributed by atoms with Crippen molar-refractivity contribution >= 4 is 0 Å². The molecule has 1 saturated heterocycles. The normalized spacial score (nSPS) is 20.9. The molecular formula is C14H21FN2O. The second kappa shape index (κ2) is 6.71. The summed E-state index contributed by atoms with van der Waals surface area (Å²) in [5.41, 5.74) is 0. The zero-order chi connectivity index (χ0) is 12.8. The van der Waals surface area contributed by atoms with E-state index in [1.54, 1.807) is 12.1 Å². The zero-order valence-electron chi connectivity index (χ0n) is 10.9. The third kappa shape index (κ3) is 3.96. The van der Waals surface area contributed by atoms with E-state index in [1.807, 2.05) is 0 Å². The maximum Gasteiger partial charge on any atom is 0.123 e. The van der Waals surface area contributed by atoms with Gasteiger partial charge < -0.3 is 10.1 Å². The number of halogens is 1. The quantitative estimate of drug-likeness (QED) is 0.810. The van der Waals surface area contributed by atoms with E-state index in [-0.39, 0.29) is 5.82 Å². The summed E-state index contributed by atoms with van der Waals surface area (Å²) in [4.78, 5) is 2.48. The van der Waals surface area contributed by atoms with Crippen molar-refractivity contribution in [2.45, 2.75) is 19.4 Å². The van der Waals surface area contributed by atoms with E-state index in [0.29, 0.717) is 12.6 Å². The highest BCUT2D eigenvalue weighted by atomic mass is 19.1. The Labute approximate surface area is 108 Å². The van der Waals surface area contributed by atoms with Gasteiger partial charge >= 0.3 is 0 Å². The van der Waals surface area contributed by atoms with Gasteiger partial charge in [-0.2, -0.15) is 0 Å². The summed E-state index contributed by atoms with van der Waals surface area (Å²) in [6.07, 6.45) is 1.00. The van der Waals surface area contributed by atoms with Gasteiger partial charge in [-0.15, -0.1) is 0 Å². The molecule has 1 fully saturated rings. The third-order valence-corrected chi connectivity index (χ3v) is 3.31. The molecule has 1 atom stereocenters. The van der Waals surface area contributed by atoms with Crippen molar-refractivity contribution in [2.75, 3.05) is 32.8 Å². The van der Waals surface area contributed by atoms with Gasteiger partial charge in [0.2, 0.25) is 0 Å². The van der Waals surface area contributed by atoms with E-state index in [9.17, 15) is 4.39 Å². The molecule has 1 aliphatic rings. The molecule has 0 spiro atoms. The Hall–Kier alpha value is -1.13. The summed E-state index contributed by atoms with van der Waals surface area (Å²) in [7, 11) is 0. The highest BCUT2D eigenvalue weighted by molar-refractivity contribution is 5.21. The van der Waals surface area contributed by atoms with Gasteiger partial charge in [-0.25, -0.2) is 4.39 Å². The fourth-order valence-electron chi connectivity index (χ4n) is 2.20. The Kier molecular flexibility index (Phi) is 4.96. The number of rotatable bonds is 5. The van der Waals surface area contributed by atoms with Crippen molar-refractivity contribution in [3.05, 3.63) is 30.1 Å². The highest BCUT2D eigenvalue weighted by Gasteiger charge is 2.16. The Morgan fingerprint density at radius 2 is 2.17 bits per heavy atom. The number of ether oxygens (including phenoxy) is 1.